The maximum atomic E-state index is 12.2. The fraction of sp³-hybridized carbons (Fsp3) is 0.722. The van der Waals surface area contributed by atoms with Gasteiger partial charge in [-0.05, 0) is 39.2 Å². The zero-order valence-corrected chi connectivity index (χ0v) is 14.6. The van der Waals surface area contributed by atoms with Crippen molar-refractivity contribution in [3.8, 4) is 0 Å². The Hall–Kier alpha value is -1.49. The van der Waals surface area contributed by atoms with E-state index >= 15 is 0 Å². The van der Waals surface area contributed by atoms with Crippen LogP contribution in [0.4, 0.5) is 0 Å². The molecule has 1 aromatic rings. The van der Waals surface area contributed by atoms with Crippen molar-refractivity contribution < 1.29 is 4.79 Å². The molecule has 1 aromatic heterocycles. The summed E-state index contributed by atoms with van der Waals surface area (Å²) in [7, 11) is 3.53. The molecule has 126 valence electrons. The highest BCUT2D eigenvalue weighted by molar-refractivity contribution is 5.94. The molecular weight excluding hydrogens is 288 g/mol. The molecule has 2 heterocycles. The van der Waals surface area contributed by atoms with E-state index in [4.69, 9.17) is 4.98 Å². The van der Waals surface area contributed by atoms with E-state index in [1.54, 1.807) is 25.2 Å². The standard InChI is InChI=1S/C18H28N4O/c1-13-15(18(23)21(2)3)12-19-17(20-13)16-10-6-7-11-22(16)14-8-4-5-9-14/h12,14,16H,4-11H2,1-3H3/t16-/m1/s1. The van der Waals surface area contributed by atoms with Crippen LogP contribution in [0.2, 0.25) is 0 Å². The Morgan fingerprint density at radius 1 is 1.17 bits per heavy atom. The highest BCUT2D eigenvalue weighted by atomic mass is 16.2. The van der Waals surface area contributed by atoms with Gasteiger partial charge in [-0.3, -0.25) is 9.69 Å². The van der Waals surface area contributed by atoms with Gasteiger partial charge in [0.15, 0.2) is 0 Å². The number of carbonyl (C=O) groups excluding carboxylic acids is 1. The van der Waals surface area contributed by atoms with E-state index in [1.807, 2.05) is 6.92 Å². The molecule has 0 spiro atoms. The van der Waals surface area contributed by atoms with Gasteiger partial charge in [0.25, 0.3) is 5.91 Å². The highest BCUT2D eigenvalue weighted by Crippen LogP contribution is 2.36. The summed E-state index contributed by atoms with van der Waals surface area (Å²) in [5, 5.41) is 0. The van der Waals surface area contributed by atoms with Gasteiger partial charge in [-0.1, -0.05) is 19.3 Å². The van der Waals surface area contributed by atoms with Gasteiger partial charge in [-0.25, -0.2) is 9.97 Å². The Morgan fingerprint density at radius 3 is 2.52 bits per heavy atom. The summed E-state index contributed by atoms with van der Waals surface area (Å²) in [6.45, 7) is 3.08. The van der Waals surface area contributed by atoms with Crippen molar-refractivity contribution >= 4 is 5.91 Å². The number of carbonyl (C=O) groups is 1. The lowest BCUT2D eigenvalue weighted by atomic mass is 9.98. The van der Waals surface area contributed by atoms with E-state index in [9.17, 15) is 4.79 Å². The Morgan fingerprint density at radius 2 is 1.87 bits per heavy atom. The maximum absolute atomic E-state index is 12.2. The van der Waals surface area contributed by atoms with E-state index in [1.165, 1.54) is 38.5 Å². The highest BCUT2D eigenvalue weighted by Gasteiger charge is 2.33. The summed E-state index contributed by atoms with van der Waals surface area (Å²) in [6, 6.07) is 1.03. The van der Waals surface area contributed by atoms with Gasteiger partial charge in [0.05, 0.1) is 17.3 Å². The summed E-state index contributed by atoms with van der Waals surface area (Å²) in [4.78, 5) is 25.7. The second-order valence-electron chi connectivity index (χ2n) is 7.11. The van der Waals surface area contributed by atoms with Gasteiger partial charge in [-0.2, -0.15) is 0 Å². The number of likely N-dealkylation sites (tertiary alicyclic amines) is 1. The molecule has 1 aliphatic heterocycles. The van der Waals surface area contributed by atoms with Crippen LogP contribution >= 0.6 is 0 Å². The molecule has 1 amide bonds. The number of aryl methyl sites for hydroxylation is 1. The van der Waals surface area contributed by atoms with E-state index in [2.05, 4.69) is 9.88 Å². The van der Waals surface area contributed by atoms with Crippen molar-refractivity contribution in [1.29, 1.82) is 0 Å². The van der Waals surface area contributed by atoms with Gasteiger partial charge >= 0.3 is 0 Å². The van der Waals surface area contributed by atoms with Crippen LogP contribution in [0, 0.1) is 6.92 Å². The number of nitrogens with zero attached hydrogens (tertiary/aromatic N) is 4. The largest absolute Gasteiger partial charge is 0.345 e. The van der Waals surface area contributed by atoms with Gasteiger partial charge in [0, 0.05) is 26.3 Å². The lowest BCUT2D eigenvalue weighted by Crippen LogP contribution is -2.41. The minimum absolute atomic E-state index is 0.0228. The molecule has 1 saturated heterocycles. The van der Waals surface area contributed by atoms with Gasteiger partial charge in [0.2, 0.25) is 0 Å². The Labute approximate surface area is 139 Å². The third-order valence-electron chi connectivity index (χ3n) is 5.27. The summed E-state index contributed by atoms with van der Waals surface area (Å²) in [5.74, 6) is 0.884. The molecule has 1 atom stereocenters. The average molecular weight is 316 g/mol. The smallest absolute Gasteiger partial charge is 0.256 e. The molecular formula is C18H28N4O. The van der Waals surface area contributed by atoms with E-state index < -0.39 is 0 Å². The molecule has 1 saturated carbocycles. The fourth-order valence-corrected chi connectivity index (χ4v) is 4.00. The predicted molar refractivity (Wildman–Crippen MR) is 90.3 cm³/mol. The van der Waals surface area contributed by atoms with Gasteiger partial charge in [0.1, 0.15) is 5.82 Å². The molecule has 3 rings (SSSR count). The molecule has 0 N–H and O–H groups in total. The van der Waals surface area contributed by atoms with Crippen LogP contribution in [0.5, 0.6) is 0 Å². The molecule has 5 nitrogen and oxygen atoms in total. The minimum Gasteiger partial charge on any atom is -0.345 e. The number of rotatable bonds is 3. The van der Waals surface area contributed by atoms with E-state index in [0.29, 0.717) is 17.6 Å². The lowest BCUT2D eigenvalue weighted by Gasteiger charge is -2.39. The lowest BCUT2D eigenvalue weighted by molar-refractivity contribution is 0.0822. The number of aromatic nitrogens is 2. The number of amides is 1. The zero-order chi connectivity index (χ0) is 16.4. The van der Waals surface area contributed by atoms with Crippen LogP contribution in [-0.2, 0) is 0 Å². The molecule has 0 radical (unpaired) electrons. The van der Waals surface area contributed by atoms with Crippen LogP contribution in [0.25, 0.3) is 0 Å². The van der Waals surface area contributed by atoms with Crippen LogP contribution < -0.4 is 0 Å². The van der Waals surface area contributed by atoms with Crippen molar-refractivity contribution in [2.24, 2.45) is 0 Å². The maximum Gasteiger partial charge on any atom is 0.256 e. The third-order valence-corrected chi connectivity index (χ3v) is 5.27. The van der Waals surface area contributed by atoms with Crippen LogP contribution in [0.1, 0.15) is 72.9 Å². The van der Waals surface area contributed by atoms with Gasteiger partial charge in [-0.15, -0.1) is 0 Å². The first-order valence-corrected chi connectivity index (χ1v) is 8.89. The van der Waals surface area contributed by atoms with Crippen LogP contribution in [-0.4, -0.2) is 52.4 Å². The second kappa shape index (κ2) is 6.95. The summed E-state index contributed by atoms with van der Waals surface area (Å²) in [6.07, 6.45) is 10.7. The minimum atomic E-state index is -0.0228. The molecule has 1 aliphatic carbocycles. The Kier molecular flexibility index (Phi) is 4.95. The SMILES string of the molecule is Cc1nc([C@H]2CCCCN2C2CCCC2)ncc1C(=O)N(C)C. The van der Waals surface area contributed by atoms with Crippen molar-refractivity contribution in [3.63, 3.8) is 0 Å². The number of hydrogen-bond donors (Lipinski definition) is 0. The van der Waals surface area contributed by atoms with Crippen LogP contribution in [0.15, 0.2) is 6.20 Å². The predicted octanol–water partition coefficient (Wildman–Crippen LogP) is 2.96. The first kappa shape index (κ1) is 16.4. The Bertz CT molecular complexity index is 566. The Balaban J connectivity index is 1.84. The fourth-order valence-electron chi connectivity index (χ4n) is 4.00. The molecule has 0 unspecified atom stereocenters. The van der Waals surface area contributed by atoms with Crippen LogP contribution in [0.3, 0.4) is 0 Å². The summed E-state index contributed by atoms with van der Waals surface area (Å²) in [5.41, 5.74) is 1.41. The average Bonchev–Trinajstić information content (AvgIpc) is 3.08. The van der Waals surface area contributed by atoms with Crippen molar-refractivity contribution in [2.45, 2.75) is 64.0 Å². The summed E-state index contributed by atoms with van der Waals surface area (Å²) >= 11 is 0. The first-order valence-electron chi connectivity index (χ1n) is 8.89. The number of hydrogen-bond acceptors (Lipinski definition) is 4. The molecule has 0 aromatic carbocycles. The molecule has 2 fully saturated rings. The van der Waals surface area contributed by atoms with E-state index in [0.717, 1.165) is 24.5 Å². The molecule has 0 bridgehead atoms. The first-order chi connectivity index (χ1) is 11.1. The zero-order valence-electron chi connectivity index (χ0n) is 14.6. The monoisotopic (exact) mass is 316 g/mol. The molecule has 5 heteroatoms. The second-order valence-corrected chi connectivity index (χ2v) is 7.11. The topological polar surface area (TPSA) is 49.3 Å². The van der Waals surface area contributed by atoms with E-state index in [-0.39, 0.29) is 5.91 Å². The van der Waals surface area contributed by atoms with Crippen molar-refractivity contribution in [2.75, 3.05) is 20.6 Å². The molecule has 23 heavy (non-hydrogen) atoms. The van der Waals surface area contributed by atoms with Gasteiger partial charge < -0.3 is 4.90 Å². The normalized spacial score (nSPS) is 23.2. The quantitative estimate of drug-likeness (QED) is 0.860. The van der Waals surface area contributed by atoms with Crippen molar-refractivity contribution in [1.82, 2.24) is 19.8 Å². The molecule has 2 aliphatic rings. The number of piperidine rings is 1. The van der Waals surface area contributed by atoms with Crippen molar-refractivity contribution in [3.05, 3.63) is 23.3 Å². The summed E-state index contributed by atoms with van der Waals surface area (Å²) < 4.78 is 0. The third kappa shape index (κ3) is 3.39.